The Morgan fingerprint density at radius 1 is 0.304 bits per heavy atom. The van der Waals surface area contributed by atoms with E-state index in [-0.39, 0.29) is 0 Å². The van der Waals surface area contributed by atoms with Crippen LogP contribution in [0.25, 0.3) is 106 Å². The van der Waals surface area contributed by atoms with Gasteiger partial charge in [0.25, 0.3) is 0 Å². The summed E-state index contributed by atoms with van der Waals surface area (Å²) in [6.45, 7) is 0. The Kier molecular flexibility index (Phi) is 7.42. The van der Waals surface area contributed by atoms with Crippen LogP contribution in [0.4, 0.5) is 0 Å². The third-order valence-electron chi connectivity index (χ3n) is 10.7. The van der Waals surface area contributed by atoms with Gasteiger partial charge in [-0.15, -0.1) is 0 Å². The zero-order valence-corrected chi connectivity index (χ0v) is 30.2. The maximum absolute atomic E-state index is 6.50. The van der Waals surface area contributed by atoms with Crippen molar-refractivity contribution in [1.29, 1.82) is 0 Å². The first kappa shape index (κ1) is 31.9. The van der Waals surface area contributed by atoms with Gasteiger partial charge in [-0.1, -0.05) is 133 Å². The number of aromatic nitrogens is 4. The highest BCUT2D eigenvalue weighted by Gasteiger charge is 2.17. The van der Waals surface area contributed by atoms with E-state index >= 15 is 0 Å². The van der Waals surface area contributed by atoms with Gasteiger partial charge in [-0.25, -0.2) is 15.0 Å². The minimum atomic E-state index is 0.616. The Balaban J connectivity index is 0.980. The normalized spacial score (nSPS) is 11.6. The molecule has 11 rings (SSSR count). The van der Waals surface area contributed by atoms with Gasteiger partial charge in [0, 0.05) is 43.9 Å². The van der Waals surface area contributed by atoms with Crippen LogP contribution in [0.5, 0.6) is 0 Å². The molecule has 262 valence electrons. The standard InChI is InChI=1S/C51H32N4O/c1-4-12-33(13-5-1)34-20-25-40(26-21-34)55-45-19-11-10-18-41(45)43-30-37(23-28-46(43)55)38-22-27-42-44-31-39(24-29-47(44)56-48(42)32-38)51-53-49(35-14-6-2-7-15-35)52-50(54-51)36-16-8-3-9-17-36/h1-32H. The molecule has 0 N–H and O–H groups in total. The molecule has 0 saturated carbocycles. The Bertz CT molecular complexity index is 3160. The molecule has 56 heavy (non-hydrogen) atoms. The average Bonchev–Trinajstić information content (AvgIpc) is 3.82. The van der Waals surface area contributed by atoms with Crippen molar-refractivity contribution < 1.29 is 4.42 Å². The van der Waals surface area contributed by atoms with Gasteiger partial charge >= 0.3 is 0 Å². The molecule has 0 aliphatic carbocycles. The van der Waals surface area contributed by atoms with Crippen molar-refractivity contribution in [3.05, 3.63) is 194 Å². The topological polar surface area (TPSA) is 56.7 Å². The molecule has 0 aliphatic rings. The lowest BCUT2D eigenvalue weighted by atomic mass is 10.0. The van der Waals surface area contributed by atoms with Crippen LogP contribution in [0.15, 0.2) is 199 Å². The lowest BCUT2D eigenvalue weighted by Gasteiger charge is -2.10. The molecule has 3 aromatic heterocycles. The minimum absolute atomic E-state index is 0.616. The number of fused-ring (bicyclic) bond motifs is 6. The Labute approximate surface area is 322 Å². The van der Waals surface area contributed by atoms with Crippen molar-refractivity contribution in [1.82, 2.24) is 19.5 Å². The van der Waals surface area contributed by atoms with E-state index in [0.717, 1.165) is 55.4 Å². The summed E-state index contributed by atoms with van der Waals surface area (Å²) in [5.41, 5.74) is 12.6. The van der Waals surface area contributed by atoms with Crippen LogP contribution >= 0.6 is 0 Å². The van der Waals surface area contributed by atoms with Crippen molar-refractivity contribution in [2.24, 2.45) is 0 Å². The van der Waals surface area contributed by atoms with Crippen molar-refractivity contribution >= 4 is 43.7 Å². The second-order valence-electron chi connectivity index (χ2n) is 14.1. The number of furan rings is 1. The smallest absolute Gasteiger partial charge is 0.164 e. The third kappa shape index (κ3) is 5.45. The van der Waals surface area contributed by atoms with Crippen molar-refractivity contribution in [3.8, 4) is 62.1 Å². The molecule has 0 fully saturated rings. The van der Waals surface area contributed by atoms with E-state index < -0.39 is 0 Å². The summed E-state index contributed by atoms with van der Waals surface area (Å²) < 4.78 is 8.86. The van der Waals surface area contributed by atoms with Crippen LogP contribution in [0, 0.1) is 0 Å². The second-order valence-corrected chi connectivity index (χ2v) is 14.1. The summed E-state index contributed by atoms with van der Waals surface area (Å²) in [6.07, 6.45) is 0. The molecule has 3 heterocycles. The highest BCUT2D eigenvalue weighted by atomic mass is 16.3. The predicted octanol–water partition coefficient (Wildman–Crippen LogP) is 13.2. The number of hydrogen-bond acceptors (Lipinski definition) is 4. The summed E-state index contributed by atoms with van der Waals surface area (Å²) in [6, 6.07) is 67.6. The molecule has 0 atom stereocenters. The summed E-state index contributed by atoms with van der Waals surface area (Å²) in [7, 11) is 0. The average molecular weight is 717 g/mol. The second kappa shape index (κ2) is 13.0. The van der Waals surface area contributed by atoms with Crippen LogP contribution in [0.2, 0.25) is 0 Å². The lowest BCUT2D eigenvalue weighted by Crippen LogP contribution is -2.00. The highest BCUT2D eigenvalue weighted by Crippen LogP contribution is 2.38. The van der Waals surface area contributed by atoms with E-state index in [9.17, 15) is 0 Å². The fourth-order valence-corrected chi connectivity index (χ4v) is 7.90. The van der Waals surface area contributed by atoms with Crippen LogP contribution in [-0.4, -0.2) is 19.5 Å². The largest absolute Gasteiger partial charge is 0.456 e. The molecular formula is C51H32N4O. The van der Waals surface area contributed by atoms with Crippen LogP contribution in [0.3, 0.4) is 0 Å². The first-order valence-electron chi connectivity index (χ1n) is 18.8. The van der Waals surface area contributed by atoms with Gasteiger partial charge in [0.05, 0.1) is 11.0 Å². The molecule has 0 saturated heterocycles. The molecule has 0 bridgehead atoms. The maximum Gasteiger partial charge on any atom is 0.164 e. The van der Waals surface area contributed by atoms with Gasteiger partial charge in [-0.2, -0.15) is 0 Å². The van der Waals surface area contributed by atoms with Crippen LogP contribution < -0.4 is 0 Å². The fraction of sp³-hybridized carbons (Fsp3) is 0. The van der Waals surface area contributed by atoms with Crippen molar-refractivity contribution in [3.63, 3.8) is 0 Å². The van der Waals surface area contributed by atoms with Crippen LogP contribution in [-0.2, 0) is 0 Å². The zero-order valence-electron chi connectivity index (χ0n) is 30.2. The van der Waals surface area contributed by atoms with Crippen LogP contribution in [0.1, 0.15) is 0 Å². The molecule has 0 spiro atoms. The van der Waals surface area contributed by atoms with Gasteiger partial charge in [0.2, 0.25) is 0 Å². The van der Waals surface area contributed by atoms with Gasteiger partial charge in [0.15, 0.2) is 17.5 Å². The molecule has 11 aromatic rings. The number of benzene rings is 8. The van der Waals surface area contributed by atoms with E-state index in [1.807, 2.05) is 72.8 Å². The van der Waals surface area contributed by atoms with Gasteiger partial charge < -0.3 is 8.98 Å². The van der Waals surface area contributed by atoms with Gasteiger partial charge in [0.1, 0.15) is 11.2 Å². The zero-order chi connectivity index (χ0) is 37.0. The summed E-state index contributed by atoms with van der Waals surface area (Å²) >= 11 is 0. The van der Waals surface area contributed by atoms with Crippen molar-refractivity contribution in [2.45, 2.75) is 0 Å². The summed E-state index contributed by atoms with van der Waals surface area (Å²) in [4.78, 5) is 14.8. The summed E-state index contributed by atoms with van der Waals surface area (Å²) in [5.74, 6) is 1.89. The lowest BCUT2D eigenvalue weighted by molar-refractivity contribution is 0.669. The molecule has 0 radical (unpaired) electrons. The quantitative estimate of drug-likeness (QED) is 0.172. The van der Waals surface area contributed by atoms with E-state index in [4.69, 9.17) is 19.4 Å². The SMILES string of the molecule is c1ccc(-c2ccc(-n3c4ccccc4c4cc(-c5ccc6c(c5)oc5ccc(-c7nc(-c8ccccc8)nc(-c8ccccc8)n7)cc56)ccc43)cc2)cc1. The molecule has 5 nitrogen and oxygen atoms in total. The molecule has 5 heteroatoms. The number of hydrogen-bond donors (Lipinski definition) is 0. The monoisotopic (exact) mass is 716 g/mol. The molecule has 0 unspecified atom stereocenters. The Hall–Kier alpha value is -7.63. The fourth-order valence-electron chi connectivity index (χ4n) is 7.90. The van der Waals surface area contributed by atoms with E-state index in [0.29, 0.717) is 17.5 Å². The first-order chi connectivity index (χ1) is 27.7. The Morgan fingerprint density at radius 2 is 0.804 bits per heavy atom. The third-order valence-corrected chi connectivity index (χ3v) is 10.7. The highest BCUT2D eigenvalue weighted by molar-refractivity contribution is 6.11. The summed E-state index contributed by atoms with van der Waals surface area (Å²) in [5, 5.41) is 4.49. The Morgan fingerprint density at radius 3 is 1.50 bits per heavy atom. The number of nitrogens with zero attached hydrogens (tertiary/aromatic N) is 4. The molecular weight excluding hydrogens is 685 g/mol. The first-order valence-corrected chi connectivity index (χ1v) is 18.8. The molecule has 0 aliphatic heterocycles. The number of para-hydroxylation sites is 1. The van der Waals surface area contributed by atoms with E-state index in [2.05, 4.69) is 126 Å². The molecule has 8 aromatic carbocycles. The molecule has 0 amide bonds. The van der Waals surface area contributed by atoms with Gasteiger partial charge in [-0.3, -0.25) is 0 Å². The number of rotatable bonds is 6. The van der Waals surface area contributed by atoms with Crippen molar-refractivity contribution in [2.75, 3.05) is 0 Å². The minimum Gasteiger partial charge on any atom is -0.456 e. The van der Waals surface area contributed by atoms with Gasteiger partial charge in [-0.05, 0) is 82.9 Å². The maximum atomic E-state index is 6.50. The predicted molar refractivity (Wildman–Crippen MR) is 229 cm³/mol. The van der Waals surface area contributed by atoms with E-state index in [1.165, 1.54) is 32.9 Å². The van der Waals surface area contributed by atoms with E-state index in [1.54, 1.807) is 0 Å².